The lowest BCUT2D eigenvalue weighted by molar-refractivity contribution is 0.298. The normalized spacial score (nSPS) is 16.6. The van der Waals surface area contributed by atoms with Crippen LogP contribution in [0.3, 0.4) is 0 Å². The quantitative estimate of drug-likeness (QED) is 0.917. The lowest BCUT2D eigenvalue weighted by atomic mass is 10.1. The third-order valence-corrected chi connectivity index (χ3v) is 3.92. The molecule has 0 fully saturated rings. The fourth-order valence-corrected chi connectivity index (χ4v) is 2.79. The number of aromatic nitrogens is 1. The third kappa shape index (κ3) is 3.00. The summed E-state index contributed by atoms with van der Waals surface area (Å²) in [6, 6.07) is 12.5. The van der Waals surface area contributed by atoms with Gasteiger partial charge in [-0.2, -0.15) is 0 Å². The summed E-state index contributed by atoms with van der Waals surface area (Å²) >= 11 is 0. The number of ether oxygens (including phenoxy) is 2. The third-order valence-electron chi connectivity index (χ3n) is 3.92. The van der Waals surface area contributed by atoms with Crippen LogP contribution >= 0.6 is 0 Å². The zero-order valence-electron chi connectivity index (χ0n) is 12.4. The van der Waals surface area contributed by atoms with E-state index in [1.54, 1.807) is 7.11 Å². The molecule has 21 heavy (non-hydrogen) atoms. The van der Waals surface area contributed by atoms with Gasteiger partial charge >= 0.3 is 0 Å². The van der Waals surface area contributed by atoms with Gasteiger partial charge in [0.2, 0.25) is 5.88 Å². The molecule has 1 atom stereocenters. The molecule has 1 aromatic carbocycles. The van der Waals surface area contributed by atoms with Crippen molar-refractivity contribution >= 4 is 0 Å². The van der Waals surface area contributed by atoms with E-state index in [4.69, 9.17) is 9.47 Å². The lowest BCUT2D eigenvalue weighted by Crippen LogP contribution is -2.12. The summed E-state index contributed by atoms with van der Waals surface area (Å²) in [6.07, 6.45) is 2.27. The maximum atomic E-state index is 5.85. The van der Waals surface area contributed by atoms with Crippen LogP contribution in [0.2, 0.25) is 0 Å². The number of methoxy groups -OCH3 is 1. The number of aryl methyl sites for hydroxylation is 1. The summed E-state index contributed by atoms with van der Waals surface area (Å²) in [6.45, 7) is 0.450. The van der Waals surface area contributed by atoms with Crippen LogP contribution in [0, 0.1) is 0 Å². The molecule has 4 nitrogen and oxygen atoms in total. The van der Waals surface area contributed by atoms with Gasteiger partial charge in [0, 0.05) is 12.1 Å². The highest BCUT2D eigenvalue weighted by molar-refractivity contribution is 5.40. The Kier molecular flexibility index (Phi) is 4.06. The van der Waals surface area contributed by atoms with Gasteiger partial charge in [-0.05, 0) is 49.2 Å². The first-order valence-electron chi connectivity index (χ1n) is 7.23. The zero-order chi connectivity index (χ0) is 14.7. The number of benzene rings is 1. The molecule has 0 spiro atoms. The summed E-state index contributed by atoms with van der Waals surface area (Å²) in [4.78, 5) is 4.35. The summed E-state index contributed by atoms with van der Waals surface area (Å²) < 4.78 is 11.0. The molecule has 110 valence electrons. The topological polar surface area (TPSA) is 43.4 Å². The van der Waals surface area contributed by atoms with Crippen LogP contribution < -0.4 is 14.8 Å². The Morgan fingerprint density at radius 2 is 2.19 bits per heavy atom. The Morgan fingerprint density at radius 1 is 1.29 bits per heavy atom. The fraction of sp³-hybridized carbons (Fsp3) is 0.353. The standard InChI is InChI=1S/C17H20N2O2/c1-18-16-9-6-12-10-14(7-8-15(12)16)21-11-13-4-3-5-17(19-13)20-2/h3-5,7-8,10,16,18H,6,9,11H2,1-2H3. The Bertz CT molecular complexity index is 628. The Hall–Kier alpha value is -2.07. The predicted octanol–water partition coefficient (Wildman–Crippen LogP) is 2.88. The first-order valence-corrected chi connectivity index (χ1v) is 7.23. The van der Waals surface area contributed by atoms with Crippen molar-refractivity contribution in [3.63, 3.8) is 0 Å². The van der Waals surface area contributed by atoms with Crippen molar-refractivity contribution in [3.05, 3.63) is 53.2 Å². The van der Waals surface area contributed by atoms with E-state index < -0.39 is 0 Å². The van der Waals surface area contributed by atoms with Crippen molar-refractivity contribution in [1.29, 1.82) is 0 Å². The van der Waals surface area contributed by atoms with E-state index in [0.717, 1.165) is 24.3 Å². The van der Waals surface area contributed by atoms with Gasteiger partial charge in [-0.3, -0.25) is 0 Å². The summed E-state index contributed by atoms with van der Waals surface area (Å²) in [5.74, 6) is 1.51. The fourth-order valence-electron chi connectivity index (χ4n) is 2.79. The Balaban J connectivity index is 1.68. The largest absolute Gasteiger partial charge is 0.487 e. The molecule has 1 aliphatic rings. The van der Waals surface area contributed by atoms with Gasteiger partial charge in [0.1, 0.15) is 12.4 Å². The lowest BCUT2D eigenvalue weighted by Gasteiger charge is -2.11. The average molecular weight is 284 g/mol. The van der Waals surface area contributed by atoms with Crippen LogP contribution in [0.5, 0.6) is 11.6 Å². The number of fused-ring (bicyclic) bond motifs is 1. The first-order chi connectivity index (χ1) is 10.3. The van der Waals surface area contributed by atoms with Crippen LogP contribution in [0.15, 0.2) is 36.4 Å². The summed E-state index contributed by atoms with van der Waals surface area (Å²) in [7, 11) is 3.63. The number of nitrogens with zero attached hydrogens (tertiary/aromatic N) is 1. The van der Waals surface area contributed by atoms with Crippen LogP contribution in [-0.2, 0) is 13.0 Å². The summed E-state index contributed by atoms with van der Waals surface area (Å²) in [5, 5.41) is 3.35. The smallest absolute Gasteiger partial charge is 0.213 e. The second-order valence-corrected chi connectivity index (χ2v) is 5.20. The van der Waals surface area contributed by atoms with E-state index in [9.17, 15) is 0 Å². The van der Waals surface area contributed by atoms with E-state index >= 15 is 0 Å². The molecular formula is C17H20N2O2. The van der Waals surface area contributed by atoms with Crippen molar-refractivity contribution < 1.29 is 9.47 Å². The molecule has 0 radical (unpaired) electrons. The number of rotatable bonds is 5. The Morgan fingerprint density at radius 3 is 3.00 bits per heavy atom. The number of pyridine rings is 1. The van der Waals surface area contributed by atoms with Crippen molar-refractivity contribution in [3.8, 4) is 11.6 Å². The minimum Gasteiger partial charge on any atom is -0.487 e. The van der Waals surface area contributed by atoms with Crippen molar-refractivity contribution in [1.82, 2.24) is 10.3 Å². The molecule has 1 aliphatic carbocycles. The molecule has 2 aromatic rings. The number of hydrogen-bond donors (Lipinski definition) is 1. The molecule has 1 unspecified atom stereocenters. The maximum absolute atomic E-state index is 5.85. The van der Waals surface area contributed by atoms with Crippen LogP contribution in [-0.4, -0.2) is 19.1 Å². The van der Waals surface area contributed by atoms with Crippen LogP contribution in [0.1, 0.15) is 29.3 Å². The molecular weight excluding hydrogens is 264 g/mol. The number of nitrogens with one attached hydrogen (secondary N) is 1. The molecule has 1 N–H and O–H groups in total. The second kappa shape index (κ2) is 6.14. The highest BCUT2D eigenvalue weighted by Gasteiger charge is 2.21. The van der Waals surface area contributed by atoms with E-state index in [1.807, 2.05) is 31.3 Å². The van der Waals surface area contributed by atoms with Crippen LogP contribution in [0.4, 0.5) is 0 Å². The molecule has 4 heteroatoms. The highest BCUT2D eigenvalue weighted by Crippen LogP contribution is 2.33. The van der Waals surface area contributed by atoms with Gasteiger partial charge in [-0.1, -0.05) is 12.1 Å². The monoisotopic (exact) mass is 284 g/mol. The zero-order valence-corrected chi connectivity index (χ0v) is 12.4. The van der Waals surface area contributed by atoms with E-state index in [2.05, 4.69) is 22.4 Å². The van der Waals surface area contributed by atoms with Gasteiger partial charge in [0.05, 0.1) is 12.8 Å². The molecule has 1 aromatic heterocycles. The SMILES string of the molecule is CNC1CCc2cc(OCc3cccc(OC)n3)ccc21. The Labute approximate surface area is 125 Å². The molecule has 0 saturated carbocycles. The highest BCUT2D eigenvalue weighted by atomic mass is 16.5. The maximum Gasteiger partial charge on any atom is 0.213 e. The van der Waals surface area contributed by atoms with Crippen molar-refractivity contribution in [2.45, 2.75) is 25.5 Å². The minimum atomic E-state index is 0.450. The summed E-state index contributed by atoms with van der Waals surface area (Å²) in [5.41, 5.74) is 3.64. The average Bonchev–Trinajstić information content (AvgIpc) is 2.95. The van der Waals surface area contributed by atoms with Gasteiger partial charge < -0.3 is 14.8 Å². The van der Waals surface area contributed by atoms with Crippen molar-refractivity contribution in [2.75, 3.05) is 14.2 Å². The molecule has 3 rings (SSSR count). The molecule has 0 amide bonds. The van der Waals surface area contributed by atoms with Gasteiger partial charge in [0.15, 0.2) is 0 Å². The van der Waals surface area contributed by atoms with E-state index in [0.29, 0.717) is 18.5 Å². The molecule has 1 heterocycles. The molecule has 0 bridgehead atoms. The van der Waals surface area contributed by atoms with Gasteiger partial charge in [-0.25, -0.2) is 4.98 Å². The second-order valence-electron chi connectivity index (χ2n) is 5.20. The molecule has 0 aliphatic heterocycles. The van der Waals surface area contributed by atoms with Crippen molar-refractivity contribution in [2.24, 2.45) is 0 Å². The van der Waals surface area contributed by atoms with Gasteiger partial charge in [-0.15, -0.1) is 0 Å². The number of hydrogen-bond acceptors (Lipinski definition) is 4. The van der Waals surface area contributed by atoms with Gasteiger partial charge in [0.25, 0.3) is 0 Å². The molecule has 0 saturated heterocycles. The van der Waals surface area contributed by atoms with Crippen LogP contribution in [0.25, 0.3) is 0 Å². The van der Waals surface area contributed by atoms with E-state index in [-0.39, 0.29) is 0 Å². The minimum absolute atomic E-state index is 0.450. The first kappa shape index (κ1) is 13.9. The predicted molar refractivity (Wildman–Crippen MR) is 81.7 cm³/mol. The van der Waals surface area contributed by atoms with E-state index in [1.165, 1.54) is 11.1 Å².